The molecule has 0 aliphatic heterocycles. The Morgan fingerprint density at radius 3 is 2.62 bits per heavy atom. The highest BCUT2D eigenvalue weighted by Crippen LogP contribution is 2.34. The average molecular weight is 231 g/mol. The molecule has 2 N–H and O–H groups in total. The lowest BCUT2D eigenvalue weighted by molar-refractivity contribution is -0.145. The molecular weight excluding hydrogens is 219 g/mol. The summed E-state index contributed by atoms with van der Waals surface area (Å²) in [5.41, 5.74) is 6.11. The first kappa shape index (κ1) is 11.2. The molecule has 0 amide bonds. The number of nitrogen functional groups attached to an aromatic ring is 1. The van der Waals surface area contributed by atoms with Crippen molar-refractivity contribution in [1.29, 1.82) is 0 Å². The van der Waals surface area contributed by atoms with Crippen molar-refractivity contribution in [2.24, 2.45) is 5.92 Å². The van der Waals surface area contributed by atoms with E-state index in [1.807, 2.05) is 0 Å². The standard InChI is InChI=1S/C10H12F3N3/c11-10(12,13)9-15-5-7(14)8(16-9)4-3-6-1-2-6/h5-6H,1-4,14H2. The third kappa shape index (κ3) is 2.62. The van der Waals surface area contributed by atoms with E-state index in [0.29, 0.717) is 18.0 Å². The molecule has 0 atom stereocenters. The summed E-state index contributed by atoms with van der Waals surface area (Å²) in [5, 5.41) is 0. The highest BCUT2D eigenvalue weighted by atomic mass is 19.4. The molecule has 1 saturated carbocycles. The van der Waals surface area contributed by atoms with Crippen molar-refractivity contribution in [2.45, 2.75) is 31.9 Å². The van der Waals surface area contributed by atoms with Crippen molar-refractivity contribution in [3.05, 3.63) is 17.7 Å². The van der Waals surface area contributed by atoms with Gasteiger partial charge in [-0.2, -0.15) is 13.2 Å². The molecule has 0 saturated heterocycles. The van der Waals surface area contributed by atoms with E-state index < -0.39 is 12.0 Å². The van der Waals surface area contributed by atoms with Crippen LogP contribution < -0.4 is 5.73 Å². The molecule has 6 heteroatoms. The summed E-state index contributed by atoms with van der Waals surface area (Å²) in [6.07, 6.45) is 0.231. The van der Waals surface area contributed by atoms with Crippen LogP contribution in [-0.4, -0.2) is 9.97 Å². The fourth-order valence-corrected chi connectivity index (χ4v) is 1.51. The zero-order valence-corrected chi connectivity index (χ0v) is 8.59. The van der Waals surface area contributed by atoms with Crippen molar-refractivity contribution in [3.8, 4) is 0 Å². The largest absolute Gasteiger partial charge is 0.451 e. The van der Waals surface area contributed by atoms with E-state index in [1.165, 1.54) is 0 Å². The second kappa shape index (κ2) is 3.92. The Morgan fingerprint density at radius 1 is 1.38 bits per heavy atom. The molecule has 0 unspecified atom stereocenters. The number of nitrogens with two attached hydrogens (primary N) is 1. The lowest BCUT2D eigenvalue weighted by Gasteiger charge is -2.08. The number of halogens is 3. The summed E-state index contributed by atoms with van der Waals surface area (Å²) >= 11 is 0. The van der Waals surface area contributed by atoms with Gasteiger partial charge in [-0.3, -0.25) is 0 Å². The van der Waals surface area contributed by atoms with E-state index in [9.17, 15) is 13.2 Å². The van der Waals surface area contributed by atoms with Gasteiger partial charge in [-0.05, 0) is 18.8 Å². The minimum absolute atomic E-state index is 0.244. The SMILES string of the molecule is Nc1cnc(C(F)(F)F)nc1CCC1CC1. The highest BCUT2D eigenvalue weighted by molar-refractivity contribution is 5.40. The third-order valence-electron chi connectivity index (χ3n) is 2.64. The second-order valence-corrected chi connectivity index (χ2v) is 4.08. The van der Waals surface area contributed by atoms with Gasteiger partial charge < -0.3 is 5.73 Å². The van der Waals surface area contributed by atoms with Gasteiger partial charge >= 0.3 is 6.18 Å². The maximum atomic E-state index is 12.3. The number of anilines is 1. The van der Waals surface area contributed by atoms with E-state index in [-0.39, 0.29) is 5.69 Å². The number of hydrogen-bond donors (Lipinski definition) is 1. The summed E-state index contributed by atoms with van der Waals surface area (Å²) in [5.74, 6) is -0.462. The molecule has 1 aliphatic carbocycles. The monoisotopic (exact) mass is 231 g/mol. The molecule has 1 aromatic heterocycles. The summed E-state index contributed by atoms with van der Waals surface area (Å²) < 4.78 is 37.0. The van der Waals surface area contributed by atoms with Gasteiger partial charge in [-0.15, -0.1) is 0 Å². The van der Waals surface area contributed by atoms with E-state index in [1.54, 1.807) is 0 Å². The van der Waals surface area contributed by atoms with Crippen LogP contribution in [0.1, 0.15) is 30.8 Å². The molecular formula is C10H12F3N3. The molecule has 3 nitrogen and oxygen atoms in total. The van der Waals surface area contributed by atoms with Gasteiger partial charge in [-0.25, -0.2) is 9.97 Å². The van der Waals surface area contributed by atoms with Crippen LogP contribution >= 0.6 is 0 Å². The van der Waals surface area contributed by atoms with Crippen LogP contribution in [0.2, 0.25) is 0 Å². The molecule has 1 aromatic rings. The lowest BCUT2D eigenvalue weighted by atomic mass is 10.1. The van der Waals surface area contributed by atoms with Gasteiger partial charge in [0.25, 0.3) is 0 Å². The van der Waals surface area contributed by atoms with Crippen LogP contribution in [0.4, 0.5) is 18.9 Å². The van der Waals surface area contributed by atoms with Crippen molar-refractivity contribution < 1.29 is 13.2 Å². The molecule has 0 spiro atoms. The van der Waals surface area contributed by atoms with Crippen molar-refractivity contribution in [2.75, 3.05) is 5.73 Å². The summed E-state index contributed by atoms with van der Waals surface area (Å²) in [4.78, 5) is 6.67. The van der Waals surface area contributed by atoms with E-state index in [2.05, 4.69) is 9.97 Å². The third-order valence-corrected chi connectivity index (χ3v) is 2.64. The van der Waals surface area contributed by atoms with E-state index >= 15 is 0 Å². The smallest absolute Gasteiger partial charge is 0.396 e. The Balaban J connectivity index is 2.14. The van der Waals surface area contributed by atoms with Crippen molar-refractivity contribution in [3.63, 3.8) is 0 Å². The molecule has 1 aliphatic rings. The minimum atomic E-state index is -4.50. The van der Waals surface area contributed by atoms with Crippen LogP contribution in [0.25, 0.3) is 0 Å². The molecule has 0 radical (unpaired) electrons. The molecule has 0 aromatic carbocycles. The van der Waals surface area contributed by atoms with Crippen LogP contribution in [0.3, 0.4) is 0 Å². The Morgan fingerprint density at radius 2 is 2.06 bits per heavy atom. The number of rotatable bonds is 3. The van der Waals surface area contributed by atoms with Gasteiger partial charge in [0.1, 0.15) is 0 Å². The lowest BCUT2D eigenvalue weighted by Crippen LogP contribution is -2.13. The molecule has 88 valence electrons. The zero-order chi connectivity index (χ0) is 11.8. The second-order valence-electron chi connectivity index (χ2n) is 4.08. The molecule has 2 rings (SSSR count). The van der Waals surface area contributed by atoms with Gasteiger partial charge in [-0.1, -0.05) is 12.8 Å². The first-order valence-corrected chi connectivity index (χ1v) is 5.15. The Bertz CT molecular complexity index is 385. The number of alkyl halides is 3. The quantitative estimate of drug-likeness (QED) is 0.869. The summed E-state index contributed by atoms with van der Waals surface area (Å²) in [6.45, 7) is 0. The molecule has 16 heavy (non-hydrogen) atoms. The number of nitrogens with zero attached hydrogens (tertiary/aromatic N) is 2. The Labute approximate surface area is 90.9 Å². The van der Waals surface area contributed by atoms with Crippen LogP contribution in [0.5, 0.6) is 0 Å². The fraction of sp³-hybridized carbons (Fsp3) is 0.600. The van der Waals surface area contributed by atoms with Crippen LogP contribution in [-0.2, 0) is 12.6 Å². The van der Waals surface area contributed by atoms with Gasteiger partial charge in [0, 0.05) is 0 Å². The zero-order valence-electron chi connectivity index (χ0n) is 8.59. The summed E-state index contributed by atoms with van der Waals surface area (Å²) in [6, 6.07) is 0. The van der Waals surface area contributed by atoms with Crippen LogP contribution in [0, 0.1) is 5.92 Å². The Kier molecular flexibility index (Phi) is 2.73. The topological polar surface area (TPSA) is 51.8 Å². The van der Waals surface area contributed by atoms with Crippen molar-refractivity contribution >= 4 is 5.69 Å². The predicted molar refractivity (Wildman–Crippen MR) is 52.5 cm³/mol. The maximum absolute atomic E-state index is 12.3. The van der Waals surface area contributed by atoms with Gasteiger partial charge in [0.05, 0.1) is 17.6 Å². The number of aryl methyl sites for hydroxylation is 1. The first-order chi connectivity index (χ1) is 7.47. The van der Waals surface area contributed by atoms with Crippen molar-refractivity contribution in [1.82, 2.24) is 9.97 Å². The van der Waals surface area contributed by atoms with E-state index in [0.717, 1.165) is 25.5 Å². The van der Waals surface area contributed by atoms with Crippen LogP contribution in [0.15, 0.2) is 6.20 Å². The normalized spacial score (nSPS) is 16.4. The maximum Gasteiger partial charge on any atom is 0.451 e. The Hall–Kier alpha value is -1.33. The molecule has 1 heterocycles. The fourth-order valence-electron chi connectivity index (χ4n) is 1.51. The van der Waals surface area contributed by atoms with Gasteiger partial charge in [0.15, 0.2) is 0 Å². The predicted octanol–water partition coefficient (Wildman–Crippen LogP) is 2.42. The molecule has 1 fully saturated rings. The molecule has 0 bridgehead atoms. The first-order valence-electron chi connectivity index (χ1n) is 5.15. The minimum Gasteiger partial charge on any atom is -0.396 e. The van der Waals surface area contributed by atoms with Gasteiger partial charge in [0.2, 0.25) is 5.82 Å². The summed E-state index contributed by atoms with van der Waals surface area (Å²) in [7, 11) is 0. The number of aromatic nitrogens is 2. The van der Waals surface area contributed by atoms with E-state index in [4.69, 9.17) is 5.73 Å². The average Bonchev–Trinajstić information content (AvgIpc) is 2.98. The number of hydrogen-bond acceptors (Lipinski definition) is 3. The highest BCUT2D eigenvalue weighted by Gasteiger charge is 2.35.